The van der Waals surface area contributed by atoms with E-state index in [0.29, 0.717) is 8.84 Å². The van der Waals surface area contributed by atoms with Gasteiger partial charge in [0.1, 0.15) is 0 Å². The van der Waals surface area contributed by atoms with Crippen LogP contribution in [0, 0.1) is 0 Å². The lowest BCUT2D eigenvalue weighted by Crippen LogP contribution is -2.16. The molecule has 2 saturated heterocycles. The maximum absolute atomic E-state index is 10.4. The van der Waals surface area contributed by atoms with Gasteiger partial charge in [0.25, 0.3) is 0 Å². The van der Waals surface area contributed by atoms with E-state index in [4.69, 9.17) is 23.6 Å². The summed E-state index contributed by atoms with van der Waals surface area (Å²) in [6, 6.07) is 0. The van der Waals surface area contributed by atoms with Gasteiger partial charge < -0.3 is 0 Å². The van der Waals surface area contributed by atoms with Crippen LogP contribution in [0.25, 0.3) is 0 Å². The lowest BCUT2D eigenvalue weighted by atomic mass is 10.4. The second-order valence-electron chi connectivity index (χ2n) is 3.14. The van der Waals surface area contributed by atoms with Crippen molar-refractivity contribution < 1.29 is 19.2 Å². The Balaban J connectivity index is 0.000000160. The average Bonchev–Trinajstić information content (AvgIpc) is 2.70. The molecule has 0 radical (unpaired) electrons. The molecule has 2 aliphatic heterocycles. The van der Waals surface area contributed by atoms with E-state index in [0.717, 1.165) is 0 Å². The van der Waals surface area contributed by atoms with Crippen LogP contribution in [0.4, 0.5) is 0 Å². The Hall–Kier alpha value is -1.14. The number of hydrogen-bond donors (Lipinski definition) is 0. The highest BCUT2D eigenvalue weighted by Crippen LogP contribution is 2.13. The summed E-state index contributed by atoms with van der Waals surface area (Å²) in [5.41, 5.74) is 0. The van der Waals surface area contributed by atoms with Crippen molar-refractivity contribution in [1.82, 2.24) is 8.84 Å². The maximum atomic E-state index is 10.4. The highest BCUT2D eigenvalue weighted by Gasteiger charge is 2.27. The van der Waals surface area contributed by atoms with Crippen molar-refractivity contribution in [2.75, 3.05) is 0 Å². The largest absolute Gasteiger partial charge is 0.273 e. The number of imide groups is 2. The quantitative estimate of drug-likeness (QED) is 0.475. The number of carbonyl (C=O) groups is 4. The Bertz CT molecular complexity index is 292. The molecule has 0 unspecified atom stereocenters. The standard InChI is InChI=1S/2C4H4ClNO2/c2*5-6-3(7)1-2-4(6)8/h2*1-2H2. The molecule has 0 N–H and O–H groups in total. The van der Waals surface area contributed by atoms with Gasteiger partial charge in [0.05, 0.1) is 0 Å². The molecule has 0 spiro atoms. The Kier molecular flexibility index (Phi) is 4.26. The molecule has 88 valence electrons. The van der Waals surface area contributed by atoms with Gasteiger partial charge in [-0.3, -0.25) is 19.2 Å². The molecule has 0 atom stereocenters. The van der Waals surface area contributed by atoms with Crippen molar-refractivity contribution in [3.05, 3.63) is 0 Å². The molecule has 2 rings (SSSR count). The minimum Gasteiger partial charge on any atom is -0.273 e. The van der Waals surface area contributed by atoms with Gasteiger partial charge in [-0.1, -0.05) is 0 Å². The molecule has 6 nitrogen and oxygen atoms in total. The first kappa shape index (κ1) is 12.9. The second kappa shape index (κ2) is 5.27. The number of halogens is 2. The van der Waals surface area contributed by atoms with E-state index in [1.165, 1.54) is 0 Å². The topological polar surface area (TPSA) is 74.8 Å². The first-order valence-electron chi connectivity index (χ1n) is 4.46. The lowest BCUT2D eigenvalue weighted by Gasteiger charge is -1.96. The molecule has 0 aromatic rings. The highest BCUT2D eigenvalue weighted by atomic mass is 35.5. The van der Waals surface area contributed by atoms with Gasteiger partial charge in [-0.15, -0.1) is 0 Å². The van der Waals surface area contributed by atoms with Crippen molar-refractivity contribution in [1.29, 1.82) is 0 Å². The first-order chi connectivity index (χ1) is 7.43. The summed E-state index contributed by atoms with van der Waals surface area (Å²) in [5.74, 6) is -1.18. The molecule has 0 aliphatic carbocycles. The van der Waals surface area contributed by atoms with Gasteiger partial charge >= 0.3 is 0 Å². The fraction of sp³-hybridized carbons (Fsp3) is 0.500. The fourth-order valence-electron chi connectivity index (χ4n) is 1.10. The van der Waals surface area contributed by atoms with E-state index in [9.17, 15) is 19.2 Å². The summed E-state index contributed by atoms with van der Waals surface area (Å²) in [6.07, 6.45) is 1.06. The summed E-state index contributed by atoms with van der Waals surface area (Å²) in [6.45, 7) is 0. The summed E-state index contributed by atoms with van der Waals surface area (Å²) in [7, 11) is 0. The number of carbonyl (C=O) groups excluding carboxylic acids is 4. The summed E-state index contributed by atoms with van der Waals surface area (Å²) in [4.78, 5) is 41.4. The molecule has 0 saturated carbocycles. The predicted octanol–water partition coefficient (Wildman–Crippen LogP) is 0.578. The second-order valence-corrected chi connectivity index (χ2v) is 3.81. The monoisotopic (exact) mass is 266 g/mol. The molecule has 2 aliphatic rings. The van der Waals surface area contributed by atoms with Gasteiger partial charge in [0, 0.05) is 49.2 Å². The third kappa shape index (κ3) is 2.93. The predicted molar refractivity (Wildman–Crippen MR) is 53.9 cm³/mol. The smallest absolute Gasteiger partial charge is 0.244 e. The van der Waals surface area contributed by atoms with Crippen molar-refractivity contribution in [3.8, 4) is 0 Å². The maximum Gasteiger partial charge on any atom is 0.244 e. The number of rotatable bonds is 0. The fourth-order valence-corrected chi connectivity index (χ4v) is 1.44. The highest BCUT2D eigenvalue weighted by molar-refractivity contribution is 6.32. The molecule has 4 amide bonds. The van der Waals surface area contributed by atoms with Crippen LogP contribution in [0.5, 0.6) is 0 Å². The summed E-state index contributed by atoms with van der Waals surface area (Å²) < 4.78 is 1.28. The lowest BCUT2D eigenvalue weighted by molar-refractivity contribution is -0.134. The molecule has 0 aromatic carbocycles. The van der Waals surface area contributed by atoms with Crippen LogP contribution in [-0.4, -0.2) is 32.5 Å². The van der Waals surface area contributed by atoms with Crippen LogP contribution in [0.15, 0.2) is 0 Å². The van der Waals surface area contributed by atoms with Gasteiger partial charge in [0.2, 0.25) is 23.6 Å². The third-order valence-corrected chi connectivity index (χ3v) is 2.74. The zero-order chi connectivity index (χ0) is 12.3. The van der Waals surface area contributed by atoms with Crippen LogP contribution in [0.3, 0.4) is 0 Å². The van der Waals surface area contributed by atoms with Crippen LogP contribution < -0.4 is 0 Å². The molecule has 0 bridgehead atoms. The Morgan fingerprint density at radius 2 is 0.812 bits per heavy atom. The minimum atomic E-state index is -0.295. The third-order valence-electron chi connectivity index (χ3n) is 1.98. The van der Waals surface area contributed by atoms with Crippen LogP contribution in [-0.2, 0) is 19.2 Å². The van der Waals surface area contributed by atoms with Crippen molar-refractivity contribution >= 4 is 47.2 Å². The summed E-state index contributed by atoms with van der Waals surface area (Å²) >= 11 is 10.3. The van der Waals surface area contributed by atoms with Gasteiger partial charge in [-0.2, -0.15) is 8.84 Å². The molecular weight excluding hydrogens is 259 g/mol. The molecule has 2 heterocycles. The Morgan fingerprint density at radius 3 is 0.875 bits per heavy atom. The number of nitrogens with zero attached hydrogens (tertiary/aromatic N) is 2. The van der Waals surface area contributed by atoms with Gasteiger partial charge in [-0.05, 0) is 0 Å². The van der Waals surface area contributed by atoms with Gasteiger partial charge in [-0.25, -0.2) is 0 Å². The molecule has 0 aromatic heterocycles. The van der Waals surface area contributed by atoms with Crippen molar-refractivity contribution in [2.45, 2.75) is 25.7 Å². The van der Waals surface area contributed by atoms with E-state index < -0.39 is 0 Å². The first-order valence-corrected chi connectivity index (χ1v) is 5.14. The van der Waals surface area contributed by atoms with E-state index in [1.54, 1.807) is 0 Å². The minimum absolute atomic E-state index is 0.266. The SMILES string of the molecule is O=C1CCC(=O)N1Cl.O=C1CCC(=O)N1Cl. The molecule has 8 heteroatoms. The zero-order valence-electron chi connectivity index (χ0n) is 8.11. The number of hydrogen-bond acceptors (Lipinski definition) is 4. The van der Waals surface area contributed by atoms with E-state index in [2.05, 4.69) is 0 Å². The van der Waals surface area contributed by atoms with E-state index >= 15 is 0 Å². The normalized spacial score (nSPS) is 20.4. The van der Waals surface area contributed by atoms with Crippen LogP contribution in [0.2, 0.25) is 0 Å². The molecular formula is C8H8Cl2N2O4. The Morgan fingerprint density at radius 1 is 0.625 bits per heavy atom. The molecule has 16 heavy (non-hydrogen) atoms. The molecule has 2 fully saturated rings. The average molecular weight is 267 g/mol. The van der Waals surface area contributed by atoms with E-state index in [-0.39, 0.29) is 49.3 Å². The van der Waals surface area contributed by atoms with Crippen LogP contribution in [0.1, 0.15) is 25.7 Å². The number of amides is 4. The summed E-state index contributed by atoms with van der Waals surface area (Å²) in [5, 5.41) is 0. The van der Waals surface area contributed by atoms with Gasteiger partial charge in [0.15, 0.2) is 0 Å². The Labute approximate surface area is 101 Å². The zero-order valence-corrected chi connectivity index (χ0v) is 9.62. The van der Waals surface area contributed by atoms with E-state index in [1.807, 2.05) is 0 Å². The van der Waals surface area contributed by atoms with Crippen molar-refractivity contribution in [2.24, 2.45) is 0 Å². The van der Waals surface area contributed by atoms with Crippen LogP contribution >= 0.6 is 23.6 Å². The van der Waals surface area contributed by atoms with Crippen molar-refractivity contribution in [3.63, 3.8) is 0 Å².